The second-order valence-electron chi connectivity index (χ2n) is 7.97. The Kier molecular flexibility index (Phi) is 8.09. The van der Waals surface area contributed by atoms with Gasteiger partial charge in [0.2, 0.25) is 0 Å². The summed E-state index contributed by atoms with van der Waals surface area (Å²) < 4.78 is 11.3. The van der Waals surface area contributed by atoms with E-state index in [1.54, 1.807) is 13.2 Å². The van der Waals surface area contributed by atoms with Crippen molar-refractivity contribution in [3.05, 3.63) is 41.3 Å². The largest absolute Gasteiger partial charge is 0.493 e. The molecule has 0 spiro atoms. The van der Waals surface area contributed by atoms with Gasteiger partial charge in [-0.1, -0.05) is 26.2 Å². The van der Waals surface area contributed by atoms with Crippen molar-refractivity contribution in [3.8, 4) is 11.5 Å². The standard InChI is InChI=1S/C24H34N4O3/c1-5-6-7-8-15-31-21-10-9-20(17-22(21)30-4)24(29)28-13-11-27(12-14-28)23-16-18(2)25-19(3)26-23/h9-10,16-17H,5-8,11-15H2,1-4H3. The Morgan fingerprint density at radius 2 is 1.77 bits per heavy atom. The molecule has 0 aliphatic carbocycles. The third-order valence-corrected chi connectivity index (χ3v) is 5.51. The van der Waals surface area contributed by atoms with Crippen molar-refractivity contribution >= 4 is 11.7 Å². The molecular formula is C24H34N4O3. The van der Waals surface area contributed by atoms with Crippen molar-refractivity contribution < 1.29 is 14.3 Å². The lowest BCUT2D eigenvalue weighted by molar-refractivity contribution is 0.0746. The Hall–Kier alpha value is -2.83. The quantitative estimate of drug-likeness (QED) is 0.564. The maximum absolute atomic E-state index is 13.0. The molecule has 1 saturated heterocycles. The molecule has 1 amide bonds. The number of nitrogens with zero attached hydrogens (tertiary/aromatic N) is 4. The first-order valence-corrected chi connectivity index (χ1v) is 11.2. The van der Waals surface area contributed by atoms with Crippen LogP contribution in [-0.4, -0.2) is 60.7 Å². The lowest BCUT2D eigenvalue weighted by Gasteiger charge is -2.35. The highest BCUT2D eigenvalue weighted by atomic mass is 16.5. The molecule has 1 aromatic carbocycles. The molecule has 7 heteroatoms. The molecule has 31 heavy (non-hydrogen) atoms. The summed E-state index contributed by atoms with van der Waals surface area (Å²) in [6.45, 7) is 9.53. The second kappa shape index (κ2) is 11.0. The Balaban J connectivity index is 1.58. The third-order valence-electron chi connectivity index (χ3n) is 5.51. The van der Waals surface area contributed by atoms with Gasteiger partial charge in [0.25, 0.3) is 5.91 Å². The van der Waals surface area contributed by atoms with Crippen LogP contribution in [0.1, 0.15) is 54.5 Å². The number of aryl methyl sites for hydroxylation is 2. The fourth-order valence-electron chi connectivity index (χ4n) is 3.81. The van der Waals surface area contributed by atoms with Crippen LogP contribution in [0.25, 0.3) is 0 Å². The van der Waals surface area contributed by atoms with Crippen LogP contribution in [-0.2, 0) is 0 Å². The van der Waals surface area contributed by atoms with Crippen LogP contribution in [0.5, 0.6) is 11.5 Å². The molecule has 0 N–H and O–H groups in total. The number of anilines is 1. The topological polar surface area (TPSA) is 67.8 Å². The summed E-state index contributed by atoms with van der Waals surface area (Å²) >= 11 is 0. The molecule has 1 aliphatic heterocycles. The zero-order chi connectivity index (χ0) is 22.2. The van der Waals surface area contributed by atoms with Gasteiger partial charge in [-0.15, -0.1) is 0 Å². The van der Waals surface area contributed by atoms with Crippen molar-refractivity contribution in [1.29, 1.82) is 0 Å². The van der Waals surface area contributed by atoms with Crippen molar-refractivity contribution in [1.82, 2.24) is 14.9 Å². The normalized spacial score (nSPS) is 13.9. The van der Waals surface area contributed by atoms with Gasteiger partial charge in [0.05, 0.1) is 13.7 Å². The summed E-state index contributed by atoms with van der Waals surface area (Å²) in [6, 6.07) is 7.45. The number of rotatable bonds is 9. The number of piperazine rings is 1. The zero-order valence-electron chi connectivity index (χ0n) is 19.2. The Morgan fingerprint density at radius 1 is 1.00 bits per heavy atom. The van der Waals surface area contributed by atoms with Crippen molar-refractivity contribution in [2.24, 2.45) is 0 Å². The maximum atomic E-state index is 13.0. The smallest absolute Gasteiger partial charge is 0.254 e. The molecule has 2 aromatic rings. The van der Waals surface area contributed by atoms with E-state index in [1.807, 2.05) is 36.9 Å². The van der Waals surface area contributed by atoms with Crippen LogP contribution in [0.15, 0.2) is 24.3 Å². The number of unbranched alkanes of at least 4 members (excludes halogenated alkanes) is 3. The molecule has 1 aliphatic rings. The van der Waals surface area contributed by atoms with E-state index in [1.165, 1.54) is 12.8 Å². The van der Waals surface area contributed by atoms with Gasteiger partial charge >= 0.3 is 0 Å². The molecule has 0 atom stereocenters. The second-order valence-corrected chi connectivity index (χ2v) is 7.97. The van der Waals surface area contributed by atoms with Gasteiger partial charge in [-0.05, 0) is 38.5 Å². The van der Waals surface area contributed by atoms with Crippen LogP contribution in [0.3, 0.4) is 0 Å². The van der Waals surface area contributed by atoms with E-state index in [-0.39, 0.29) is 5.91 Å². The SMILES string of the molecule is CCCCCCOc1ccc(C(=O)N2CCN(c3cc(C)nc(C)n3)CC2)cc1OC. The van der Waals surface area contributed by atoms with Gasteiger partial charge in [0, 0.05) is 43.5 Å². The summed E-state index contributed by atoms with van der Waals surface area (Å²) in [6.07, 6.45) is 4.60. The van der Waals surface area contributed by atoms with Crippen molar-refractivity contribution in [2.45, 2.75) is 46.5 Å². The minimum atomic E-state index is 0.0162. The first-order chi connectivity index (χ1) is 15.0. The molecule has 1 fully saturated rings. The van der Waals surface area contributed by atoms with Crippen LogP contribution < -0.4 is 14.4 Å². The van der Waals surface area contributed by atoms with E-state index in [0.29, 0.717) is 36.8 Å². The summed E-state index contributed by atoms with van der Waals surface area (Å²) in [5.41, 5.74) is 1.58. The molecule has 7 nitrogen and oxygen atoms in total. The molecule has 3 rings (SSSR count). The minimum Gasteiger partial charge on any atom is -0.493 e. The average Bonchev–Trinajstić information content (AvgIpc) is 2.78. The first-order valence-electron chi connectivity index (χ1n) is 11.2. The van der Waals surface area contributed by atoms with E-state index in [9.17, 15) is 4.79 Å². The third kappa shape index (κ3) is 6.09. The zero-order valence-corrected chi connectivity index (χ0v) is 19.2. The number of ether oxygens (including phenoxy) is 2. The molecule has 2 heterocycles. The van der Waals surface area contributed by atoms with E-state index in [0.717, 1.165) is 43.3 Å². The highest BCUT2D eigenvalue weighted by molar-refractivity contribution is 5.95. The van der Waals surface area contributed by atoms with Crippen LogP contribution >= 0.6 is 0 Å². The summed E-state index contributed by atoms with van der Waals surface area (Å²) in [5.74, 6) is 3.01. The number of carbonyl (C=O) groups excluding carboxylic acids is 1. The van der Waals surface area contributed by atoms with Gasteiger partial charge in [0.15, 0.2) is 11.5 Å². The van der Waals surface area contributed by atoms with E-state index in [4.69, 9.17) is 9.47 Å². The molecule has 1 aromatic heterocycles. The van der Waals surface area contributed by atoms with Gasteiger partial charge < -0.3 is 19.3 Å². The number of carbonyl (C=O) groups is 1. The van der Waals surface area contributed by atoms with E-state index < -0.39 is 0 Å². The van der Waals surface area contributed by atoms with Crippen LogP contribution in [0.4, 0.5) is 5.82 Å². The number of methoxy groups -OCH3 is 1. The lowest BCUT2D eigenvalue weighted by atomic mass is 10.1. The van der Waals surface area contributed by atoms with Gasteiger partial charge in [0.1, 0.15) is 11.6 Å². The average molecular weight is 427 g/mol. The molecule has 168 valence electrons. The Bertz CT molecular complexity index is 859. The highest BCUT2D eigenvalue weighted by Crippen LogP contribution is 2.29. The van der Waals surface area contributed by atoms with Gasteiger partial charge in [-0.3, -0.25) is 4.79 Å². The number of hydrogen-bond acceptors (Lipinski definition) is 6. The number of benzene rings is 1. The van der Waals surface area contributed by atoms with Crippen LogP contribution in [0, 0.1) is 13.8 Å². The molecule has 0 radical (unpaired) electrons. The summed E-state index contributed by atoms with van der Waals surface area (Å²) in [4.78, 5) is 26.0. The predicted molar refractivity (Wildman–Crippen MR) is 122 cm³/mol. The number of hydrogen-bond donors (Lipinski definition) is 0. The summed E-state index contributed by atoms with van der Waals surface area (Å²) in [7, 11) is 1.61. The molecule has 0 bridgehead atoms. The van der Waals surface area contributed by atoms with Crippen molar-refractivity contribution in [2.75, 3.05) is 44.8 Å². The number of amides is 1. The minimum absolute atomic E-state index is 0.0162. The predicted octanol–water partition coefficient (Wildman–Crippen LogP) is 4.02. The molecular weight excluding hydrogens is 392 g/mol. The monoisotopic (exact) mass is 426 g/mol. The number of aromatic nitrogens is 2. The fraction of sp³-hybridized carbons (Fsp3) is 0.542. The Labute approximate surface area is 185 Å². The first kappa shape index (κ1) is 22.8. The van der Waals surface area contributed by atoms with Gasteiger partial charge in [-0.25, -0.2) is 9.97 Å². The molecule has 0 saturated carbocycles. The maximum Gasteiger partial charge on any atom is 0.254 e. The van der Waals surface area contributed by atoms with Crippen molar-refractivity contribution in [3.63, 3.8) is 0 Å². The summed E-state index contributed by atoms with van der Waals surface area (Å²) in [5, 5.41) is 0. The highest BCUT2D eigenvalue weighted by Gasteiger charge is 2.24. The van der Waals surface area contributed by atoms with Gasteiger partial charge in [-0.2, -0.15) is 0 Å². The van der Waals surface area contributed by atoms with E-state index >= 15 is 0 Å². The fourth-order valence-corrected chi connectivity index (χ4v) is 3.81. The Morgan fingerprint density at radius 3 is 2.45 bits per heavy atom. The van der Waals surface area contributed by atoms with E-state index in [2.05, 4.69) is 21.8 Å². The van der Waals surface area contributed by atoms with Crippen LogP contribution in [0.2, 0.25) is 0 Å². The molecule has 0 unspecified atom stereocenters. The lowest BCUT2D eigenvalue weighted by Crippen LogP contribution is -2.49.